The van der Waals surface area contributed by atoms with Gasteiger partial charge in [-0.15, -0.1) is 13.2 Å². The molecule has 0 amide bonds. The molecule has 0 spiro atoms. The Morgan fingerprint density at radius 3 is 1.47 bits per heavy atom. The van der Waals surface area contributed by atoms with Crippen LogP contribution < -0.4 is 0 Å². The highest BCUT2D eigenvalue weighted by atomic mass is 16.3. The number of phenols is 1. The third kappa shape index (κ3) is 5.73. The number of allylic oxidation sites excluding steroid dienone is 2. The van der Waals surface area contributed by atoms with Gasteiger partial charge in [-0.2, -0.15) is 0 Å². The number of hydrogen-bond donors (Lipinski definition) is 1. The van der Waals surface area contributed by atoms with E-state index in [9.17, 15) is 0 Å². The van der Waals surface area contributed by atoms with Crippen LogP contribution in [0.3, 0.4) is 0 Å². The average molecular weight is 252 g/mol. The average Bonchev–Trinajstić information content (AvgIpc) is 2.43. The van der Waals surface area contributed by atoms with Gasteiger partial charge in [0.25, 0.3) is 0 Å². The molecule has 1 nitrogen and oxygen atoms in total. The van der Waals surface area contributed by atoms with Gasteiger partial charge in [-0.25, -0.2) is 0 Å². The second-order valence-electron chi connectivity index (χ2n) is 4.09. The molecule has 1 N–H and O–H groups in total. The SMILES string of the molecule is C=CCc1ccccc1CC=C.Oc1ccccc1. The van der Waals surface area contributed by atoms with Gasteiger partial charge in [-0.1, -0.05) is 54.6 Å². The molecule has 0 bridgehead atoms. The maximum Gasteiger partial charge on any atom is 0.115 e. The van der Waals surface area contributed by atoms with E-state index in [1.807, 2.05) is 18.2 Å². The summed E-state index contributed by atoms with van der Waals surface area (Å²) in [6.45, 7) is 7.46. The van der Waals surface area contributed by atoms with Crippen LogP contribution in [0.1, 0.15) is 11.1 Å². The van der Waals surface area contributed by atoms with Crippen molar-refractivity contribution in [1.29, 1.82) is 0 Å². The Morgan fingerprint density at radius 1 is 0.737 bits per heavy atom. The molecule has 0 radical (unpaired) electrons. The van der Waals surface area contributed by atoms with Gasteiger partial charge in [0.15, 0.2) is 0 Å². The molecule has 98 valence electrons. The number of benzene rings is 2. The fourth-order valence-corrected chi connectivity index (χ4v) is 1.69. The van der Waals surface area contributed by atoms with Crippen LogP contribution in [-0.4, -0.2) is 5.11 Å². The molecule has 0 heterocycles. The van der Waals surface area contributed by atoms with Crippen LogP contribution in [0.5, 0.6) is 5.75 Å². The standard InChI is InChI=1S/C12H14.C6H6O/c1-3-7-11-9-5-6-10-12(11)8-4-2;7-6-4-2-1-3-5-6/h3-6,9-10H,1-2,7-8H2;1-5,7H. The van der Waals surface area contributed by atoms with E-state index < -0.39 is 0 Å². The fourth-order valence-electron chi connectivity index (χ4n) is 1.69. The summed E-state index contributed by atoms with van der Waals surface area (Å²) in [6.07, 6.45) is 5.76. The topological polar surface area (TPSA) is 20.2 Å². The maximum absolute atomic E-state index is 8.63. The van der Waals surface area contributed by atoms with Gasteiger partial charge in [0.1, 0.15) is 5.75 Å². The maximum atomic E-state index is 8.63. The van der Waals surface area contributed by atoms with Gasteiger partial charge in [-0.3, -0.25) is 0 Å². The molecular formula is C18H20O. The molecule has 2 rings (SSSR count). The van der Waals surface area contributed by atoms with Gasteiger partial charge in [0.05, 0.1) is 0 Å². The fraction of sp³-hybridized carbons (Fsp3) is 0.111. The Bertz CT molecular complexity index is 471. The molecule has 0 unspecified atom stereocenters. The van der Waals surface area contributed by atoms with Crippen molar-refractivity contribution in [3.8, 4) is 5.75 Å². The molecule has 0 aromatic heterocycles. The lowest BCUT2D eigenvalue weighted by atomic mass is 10.0. The Morgan fingerprint density at radius 2 is 1.16 bits per heavy atom. The van der Waals surface area contributed by atoms with E-state index in [1.54, 1.807) is 24.3 Å². The highest BCUT2D eigenvalue weighted by Crippen LogP contribution is 2.10. The molecular weight excluding hydrogens is 232 g/mol. The van der Waals surface area contributed by atoms with Crippen molar-refractivity contribution in [3.63, 3.8) is 0 Å². The summed E-state index contributed by atoms with van der Waals surface area (Å²) in [5.74, 6) is 0.322. The van der Waals surface area contributed by atoms with Crippen molar-refractivity contribution in [2.45, 2.75) is 12.8 Å². The Labute approximate surface area is 115 Å². The van der Waals surface area contributed by atoms with Crippen molar-refractivity contribution in [2.24, 2.45) is 0 Å². The van der Waals surface area contributed by atoms with Crippen molar-refractivity contribution in [1.82, 2.24) is 0 Å². The van der Waals surface area contributed by atoms with Crippen LogP contribution in [0, 0.1) is 0 Å². The van der Waals surface area contributed by atoms with Crippen LogP contribution in [-0.2, 0) is 12.8 Å². The van der Waals surface area contributed by atoms with Crippen molar-refractivity contribution in [2.75, 3.05) is 0 Å². The number of hydrogen-bond acceptors (Lipinski definition) is 1. The van der Waals surface area contributed by atoms with Gasteiger partial charge < -0.3 is 5.11 Å². The minimum absolute atomic E-state index is 0.322. The first-order chi connectivity index (χ1) is 9.27. The van der Waals surface area contributed by atoms with Gasteiger partial charge >= 0.3 is 0 Å². The number of rotatable bonds is 4. The van der Waals surface area contributed by atoms with E-state index >= 15 is 0 Å². The molecule has 0 fully saturated rings. The van der Waals surface area contributed by atoms with Crippen LogP contribution >= 0.6 is 0 Å². The van der Waals surface area contributed by atoms with E-state index in [0.717, 1.165) is 12.8 Å². The first-order valence-electron chi connectivity index (χ1n) is 6.30. The van der Waals surface area contributed by atoms with E-state index in [4.69, 9.17) is 5.11 Å². The molecule has 0 aliphatic carbocycles. The minimum atomic E-state index is 0.322. The van der Waals surface area contributed by atoms with E-state index in [-0.39, 0.29) is 0 Å². The summed E-state index contributed by atoms with van der Waals surface area (Å²) >= 11 is 0. The van der Waals surface area contributed by atoms with Crippen molar-refractivity contribution < 1.29 is 5.11 Å². The third-order valence-electron chi connectivity index (χ3n) is 2.60. The summed E-state index contributed by atoms with van der Waals surface area (Å²) in [6, 6.07) is 17.1. The molecule has 0 saturated heterocycles. The second-order valence-corrected chi connectivity index (χ2v) is 4.09. The van der Waals surface area contributed by atoms with Crippen LogP contribution in [0.2, 0.25) is 0 Å². The predicted octanol–water partition coefficient (Wildman–Crippen LogP) is 4.54. The molecule has 0 aliphatic heterocycles. The van der Waals surface area contributed by atoms with Crippen LogP contribution in [0.15, 0.2) is 79.9 Å². The second kappa shape index (κ2) is 8.76. The highest BCUT2D eigenvalue weighted by Gasteiger charge is 1.96. The molecule has 1 heteroatoms. The van der Waals surface area contributed by atoms with Crippen molar-refractivity contribution >= 4 is 0 Å². The molecule has 2 aromatic carbocycles. The lowest BCUT2D eigenvalue weighted by Gasteiger charge is -2.03. The van der Waals surface area contributed by atoms with E-state index in [2.05, 4.69) is 37.4 Å². The normalized spacial score (nSPS) is 9.05. The first kappa shape index (κ1) is 14.8. The Balaban J connectivity index is 0.000000218. The quantitative estimate of drug-likeness (QED) is 0.792. The minimum Gasteiger partial charge on any atom is -0.508 e. The smallest absolute Gasteiger partial charge is 0.115 e. The van der Waals surface area contributed by atoms with Crippen LogP contribution in [0.25, 0.3) is 0 Å². The monoisotopic (exact) mass is 252 g/mol. The molecule has 2 aromatic rings. The summed E-state index contributed by atoms with van der Waals surface area (Å²) in [4.78, 5) is 0. The van der Waals surface area contributed by atoms with Gasteiger partial charge in [-0.05, 0) is 36.1 Å². The summed E-state index contributed by atoms with van der Waals surface area (Å²) in [5.41, 5.74) is 2.71. The summed E-state index contributed by atoms with van der Waals surface area (Å²) in [7, 11) is 0. The van der Waals surface area contributed by atoms with Gasteiger partial charge in [0, 0.05) is 0 Å². The Hall–Kier alpha value is -2.28. The zero-order chi connectivity index (χ0) is 13.9. The largest absolute Gasteiger partial charge is 0.508 e. The zero-order valence-corrected chi connectivity index (χ0v) is 11.1. The Kier molecular flexibility index (Phi) is 6.81. The summed E-state index contributed by atoms with van der Waals surface area (Å²) < 4.78 is 0. The lowest BCUT2D eigenvalue weighted by Crippen LogP contribution is -1.89. The first-order valence-corrected chi connectivity index (χ1v) is 6.30. The third-order valence-corrected chi connectivity index (χ3v) is 2.60. The molecule has 19 heavy (non-hydrogen) atoms. The molecule has 0 atom stereocenters. The predicted molar refractivity (Wildman–Crippen MR) is 82.4 cm³/mol. The number of aromatic hydroxyl groups is 1. The molecule has 0 saturated carbocycles. The van der Waals surface area contributed by atoms with Crippen molar-refractivity contribution in [3.05, 3.63) is 91.0 Å². The highest BCUT2D eigenvalue weighted by molar-refractivity contribution is 5.30. The van der Waals surface area contributed by atoms with E-state index in [0.29, 0.717) is 5.75 Å². The van der Waals surface area contributed by atoms with Gasteiger partial charge in [0.2, 0.25) is 0 Å². The summed E-state index contributed by atoms with van der Waals surface area (Å²) in [5, 5.41) is 8.63. The number of para-hydroxylation sites is 1. The lowest BCUT2D eigenvalue weighted by molar-refractivity contribution is 0.475. The van der Waals surface area contributed by atoms with Crippen LogP contribution in [0.4, 0.5) is 0 Å². The van der Waals surface area contributed by atoms with E-state index in [1.165, 1.54) is 11.1 Å². The molecule has 0 aliphatic rings. The zero-order valence-electron chi connectivity index (χ0n) is 11.1. The number of phenolic OH excluding ortho intramolecular Hbond substituents is 1.